The van der Waals surface area contributed by atoms with Crippen LogP contribution in [0.25, 0.3) is 0 Å². The molecular weight excluding hydrogens is 155 g/mol. The second kappa shape index (κ2) is 3.39. The summed E-state index contributed by atoms with van der Waals surface area (Å²) in [5, 5.41) is 4.16. The maximum Gasteiger partial charge on any atom is 0.118 e. The van der Waals surface area contributed by atoms with Crippen LogP contribution in [0, 0.1) is 0 Å². The molecule has 0 bridgehead atoms. The van der Waals surface area contributed by atoms with Crippen molar-refractivity contribution in [2.75, 3.05) is 13.1 Å². The zero-order chi connectivity index (χ0) is 10.3. The predicted octanol–water partition coefficient (Wildman–Crippen LogP) is -3.86. The summed E-state index contributed by atoms with van der Waals surface area (Å²) in [5.74, 6) is 0. The van der Waals surface area contributed by atoms with Crippen molar-refractivity contribution in [1.29, 1.82) is 0 Å². The van der Waals surface area contributed by atoms with E-state index in [4.69, 9.17) is 0 Å². The van der Waals surface area contributed by atoms with Crippen molar-refractivity contribution in [3.63, 3.8) is 0 Å². The third-order valence-electron chi connectivity index (χ3n) is 2.60. The Labute approximate surface area is 85.8 Å². The van der Waals surface area contributed by atoms with Crippen LogP contribution < -0.4 is 5.32 Å². The number of hydrogen-bond donors (Lipinski definition) is 1. The van der Waals surface area contributed by atoms with E-state index < -0.39 is 0 Å². The van der Waals surface area contributed by atoms with E-state index in [1.54, 1.807) is 0 Å². The molecule has 2 nitrogen and oxygen atoms in total. The molecule has 1 heterocycles. The number of nitrogens with one attached hydrogen (secondary N) is 1. The summed E-state index contributed by atoms with van der Waals surface area (Å²) >= 11 is 0. The third kappa shape index (κ3) is 3.10. The number of piperazine rings is 1. The minimum atomic E-state index is 0.242. The lowest BCUT2D eigenvalue weighted by Crippen LogP contribution is -2.73. The molecule has 0 aromatic rings. The summed E-state index contributed by atoms with van der Waals surface area (Å²) in [6, 6.07) is 0.653. The number of rotatable bonds is 1. The molecule has 70 valence electrons. The van der Waals surface area contributed by atoms with Crippen molar-refractivity contribution < 1.29 is 0 Å². The highest BCUT2D eigenvalue weighted by Gasteiger charge is 2.36. The van der Waals surface area contributed by atoms with Gasteiger partial charge in [0, 0.05) is 19.1 Å². The zero-order valence-corrected chi connectivity index (χ0v) is 9.94. The molecule has 1 fully saturated rings. The van der Waals surface area contributed by atoms with Gasteiger partial charge in [-0.05, 0) is 24.5 Å². The third-order valence-corrected chi connectivity index (χ3v) is 2.60. The monoisotopic (exact) mass is 176 g/mol. The van der Waals surface area contributed by atoms with Crippen LogP contribution in [0.1, 0.15) is 13.8 Å². The number of nitrogens with zero attached hydrogens (tertiary/aromatic N) is 1. The molecule has 1 saturated heterocycles. The largest absolute Gasteiger partial charge is 0.334 e. The van der Waals surface area contributed by atoms with E-state index >= 15 is 0 Å². The lowest BCUT2D eigenvalue weighted by atomic mass is 9.52. The minimum Gasteiger partial charge on any atom is -0.334 e. The molecule has 0 aliphatic carbocycles. The molecule has 0 saturated carbocycles. The molecule has 13 heavy (non-hydrogen) atoms. The van der Waals surface area contributed by atoms with E-state index in [0.717, 1.165) is 13.1 Å². The smallest absolute Gasteiger partial charge is 0.118 e. The van der Waals surface area contributed by atoms with Crippen molar-refractivity contribution in [1.82, 2.24) is 10.2 Å². The van der Waals surface area contributed by atoms with Crippen LogP contribution in [0.2, 0.25) is 0 Å². The van der Waals surface area contributed by atoms with Crippen molar-refractivity contribution in [3.05, 3.63) is 0 Å². The highest BCUT2D eigenvalue weighted by Crippen LogP contribution is 2.15. The first kappa shape index (κ1) is 11.3. The predicted molar refractivity (Wildman–Crippen MR) is 69.5 cm³/mol. The molecular formula is C7H20B4N2. The van der Waals surface area contributed by atoms with Crippen LogP contribution >= 0.6 is 0 Å². The number of hydrogen-bond acceptors (Lipinski definition) is 2. The second-order valence-corrected chi connectivity index (χ2v) is 5.89. The fourth-order valence-corrected chi connectivity index (χ4v) is 2.43. The summed E-state index contributed by atoms with van der Waals surface area (Å²) < 4.78 is 0. The van der Waals surface area contributed by atoms with Gasteiger partial charge in [-0.15, -0.1) is 0 Å². The molecule has 1 rings (SSSR count). The van der Waals surface area contributed by atoms with Crippen LogP contribution in [0.15, 0.2) is 0 Å². The van der Waals surface area contributed by atoms with Gasteiger partial charge >= 0.3 is 0 Å². The Morgan fingerprint density at radius 1 is 1.08 bits per heavy atom. The van der Waals surface area contributed by atoms with Crippen molar-refractivity contribution in [2.24, 2.45) is 0 Å². The van der Waals surface area contributed by atoms with Gasteiger partial charge in [0.25, 0.3) is 0 Å². The topological polar surface area (TPSA) is 15.3 Å². The molecule has 6 heteroatoms. The zero-order valence-electron chi connectivity index (χ0n) is 9.94. The molecule has 1 aliphatic rings. The lowest BCUT2D eigenvalue weighted by molar-refractivity contribution is 0.150. The summed E-state index contributed by atoms with van der Waals surface area (Å²) in [4.78, 5) is 2.55. The van der Waals surface area contributed by atoms with Gasteiger partial charge in [-0.25, -0.2) is 0 Å². The molecule has 0 aromatic heterocycles. The first-order chi connectivity index (χ1) is 5.72. The van der Waals surface area contributed by atoms with E-state index in [1.165, 1.54) is 0 Å². The van der Waals surface area contributed by atoms with Gasteiger partial charge in [0.2, 0.25) is 0 Å². The minimum absolute atomic E-state index is 0.242. The van der Waals surface area contributed by atoms with Gasteiger partial charge in [0.05, 0.1) is 0 Å². The van der Waals surface area contributed by atoms with Crippen LogP contribution in [-0.2, 0) is 0 Å². The molecule has 0 aromatic carbocycles. The Hall–Kier alpha value is 0.180. The molecule has 0 atom stereocenters. The standard InChI is InChI=1S/C7H20B4N2/c1-5(2)13-3-6(8,9)12-7(10,11)4-13/h5,12H,3-4,8-11H2,1-2H3. The van der Waals surface area contributed by atoms with Crippen molar-refractivity contribution in [3.8, 4) is 0 Å². The molecule has 0 unspecified atom stereocenters. The van der Waals surface area contributed by atoms with E-state index in [2.05, 4.69) is 55.4 Å². The van der Waals surface area contributed by atoms with Crippen molar-refractivity contribution in [2.45, 2.75) is 30.6 Å². The Morgan fingerprint density at radius 3 is 1.77 bits per heavy atom. The Bertz CT molecular complexity index is 177. The van der Waals surface area contributed by atoms with E-state index in [9.17, 15) is 0 Å². The van der Waals surface area contributed by atoms with Crippen LogP contribution in [0.4, 0.5) is 0 Å². The molecule has 0 radical (unpaired) electrons. The molecule has 0 spiro atoms. The van der Waals surface area contributed by atoms with Gasteiger partial charge in [-0.2, -0.15) is 0 Å². The Kier molecular flexibility index (Phi) is 2.94. The fourth-order valence-electron chi connectivity index (χ4n) is 2.43. The molecule has 0 amide bonds. The Morgan fingerprint density at radius 2 is 1.46 bits per heavy atom. The van der Waals surface area contributed by atoms with Gasteiger partial charge in [-0.1, -0.05) is 0 Å². The summed E-state index contributed by atoms with van der Waals surface area (Å²) in [6.45, 7) is 6.84. The quantitative estimate of drug-likeness (QED) is 0.411. The average molecular weight is 175 g/mol. The summed E-state index contributed by atoms with van der Waals surface area (Å²) in [6.07, 6.45) is 0. The lowest BCUT2D eigenvalue weighted by Gasteiger charge is -2.50. The highest BCUT2D eigenvalue weighted by atomic mass is 15.2. The van der Waals surface area contributed by atoms with Gasteiger partial charge in [0.1, 0.15) is 31.4 Å². The van der Waals surface area contributed by atoms with E-state index in [1.807, 2.05) is 0 Å². The van der Waals surface area contributed by atoms with E-state index in [-0.39, 0.29) is 10.7 Å². The Balaban J connectivity index is 2.72. The fraction of sp³-hybridized carbons (Fsp3) is 1.00. The highest BCUT2D eigenvalue weighted by molar-refractivity contribution is 6.44. The van der Waals surface area contributed by atoms with Gasteiger partial charge in [-0.3, -0.25) is 0 Å². The summed E-state index contributed by atoms with van der Waals surface area (Å²) in [5.41, 5.74) is 0. The first-order valence-electron chi connectivity index (χ1n) is 5.25. The van der Waals surface area contributed by atoms with Crippen LogP contribution in [0.3, 0.4) is 0 Å². The summed E-state index contributed by atoms with van der Waals surface area (Å²) in [7, 11) is 9.12. The molecule has 1 aliphatic heterocycles. The van der Waals surface area contributed by atoms with Crippen LogP contribution in [0.5, 0.6) is 0 Å². The average Bonchev–Trinajstić information content (AvgIpc) is 1.79. The SMILES string of the molecule is BC1(B)CN(C(C)C)CC(B)(B)N1. The van der Waals surface area contributed by atoms with Gasteiger partial charge < -0.3 is 10.2 Å². The van der Waals surface area contributed by atoms with E-state index in [0.29, 0.717) is 6.04 Å². The van der Waals surface area contributed by atoms with Gasteiger partial charge in [0.15, 0.2) is 0 Å². The van der Waals surface area contributed by atoms with Crippen molar-refractivity contribution >= 4 is 31.4 Å². The second-order valence-electron chi connectivity index (χ2n) is 5.89. The van der Waals surface area contributed by atoms with Crippen LogP contribution in [-0.4, -0.2) is 66.1 Å². The normalized spacial score (nSPS) is 27.6. The molecule has 1 N–H and O–H groups in total. The maximum atomic E-state index is 3.68. The first-order valence-corrected chi connectivity index (χ1v) is 5.25. The maximum absolute atomic E-state index is 3.68.